The molecular weight excluding hydrogens is 240 g/mol. The first-order chi connectivity index (χ1) is 8.24. The minimum atomic E-state index is 0.547. The highest BCUT2D eigenvalue weighted by Gasteiger charge is 1.99. The van der Waals surface area contributed by atoms with Gasteiger partial charge < -0.3 is 15.0 Å². The van der Waals surface area contributed by atoms with Crippen LogP contribution in [0, 0.1) is 0 Å². The van der Waals surface area contributed by atoms with Crippen molar-refractivity contribution in [2.45, 2.75) is 6.42 Å². The molecule has 5 nitrogen and oxygen atoms in total. The molecule has 1 aromatic rings. The third kappa shape index (κ3) is 5.70. The average Bonchev–Trinajstić information content (AvgIpc) is 2.34. The summed E-state index contributed by atoms with van der Waals surface area (Å²) in [5, 5.41) is 3.23. The Hall–Kier alpha value is -1.07. The lowest BCUT2D eigenvalue weighted by atomic mass is 10.4. The van der Waals surface area contributed by atoms with Gasteiger partial charge in [-0.25, -0.2) is 4.98 Å². The molecule has 0 fully saturated rings. The Balaban J connectivity index is 2.24. The average molecular weight is 259 g/mol. The van der Waals surface area contributed by atoms with E-state index >= 15 is 0 Å². The zero-order valence-electron chi connectivity index (χ0n) is 10.3. The van der Waals surface area contributed by atoms with E-state index in [1.165, 1.54) is 0 Å². The molecule has 17 heavy (non-hydrogen) atoms. The maximum Gasteiger partial charge on any atom is 0.226 e. The van der Waals surface area contributed by atoms with E-state index in [4.69, 9.17) is 16.3 Å². The van der Waals surface area contributed by atoms with Gasteiger partial charge >= 0.3 is 0 Å². The number of aromatic nitrogens is 2. The smallest absolute Gasteiger partial charge is 0.226 e. The molecule has 6 heteroatoms. The highest BCUT2D eigenvalue weighted by atomic mass is 35.5. The number of nitrogens with one attached hydrogen (secondary N) is 1. The summed E-state index contributed by atoms with van der Waals surface area (Å²) in [6.07, 6.45) is 2.67. The van der Waals surface area contributed by atoms with Gasteiger partial charge in [-0.05, 0) is 12.5 Å². The summed E-state index contributed by atoms with van der Waals surface area (Å²) in [5.74, 6) is 2.08. The summed E-state index contributed by atoms with van der Waals surface area (Å²) < 4.78 is 5.27. The van der Waals surface area contributed by atoms with Crippen LogP contribution in [-0.4, -0.2) is 49.7 Å². The minimum absolute atomic E-state index is 0.547. The molecule has 0 radical (unpaired) electrons. The third-order valence-corrected chi connectivity index (χ3v) is 2.19. The molecule has 1 heterocycles. The van der Waals surface area contributed by atoms with Crippen molar-refractivity contribution < 1.29 is 4.74 Å². The first-order valence-electron chi connectivity index (χ1n) is 5.62. The largest absolute Gasteiger partial charge is 0.380 e. The quantitative estimate of drug-likeness (QED) is 0.567. The molecule has 1 N–H and O–H groups in total. The SMILES string of the molecule is CN(C)c1nccc(NCCCOCCCl)n1. The van der Waals surface area contributed by atoms with Crippen molar-refractivity contribution in [1.82, 2.24) is 9.97 Å². The van der Waals surface area contributed by atoms with Crippen LogP contribution in [0.1, 0.15) is 6.42 Å². The molecule has 0 bridgehead atoms. The standard InChI is InChI=1S/C11H19ClN4O/c1-16(2)11-14-7-4-10(15-11)13-6-3-8-17-9-5-12/h4,7H,3,5-6,8-9H2,1-2H3,(H,13,14,15). The Bertz CT molecular complexity index is 322. The van der Waals surface area contributed by atoms with Gasteiger partial charge in [0.15, 0.2) is 0 Å². The monoisotopic (exact) mass is 258 g/mol. The molecule has 0 unspecified atom stereocenters. The van der Waals surface area contributed by atoms with Gasteiger partial charge in [-0.2, -0.15) is 4.98 Å². The van der Waals surface area contributed by atoms with E-state index in [0.717, 1.165) is 18.8 Å². The van der Waals surface area contributed by atoms with Crippen molar-refractivity contribution in [3.63, 3.8) is 0 Å². The van der Waals surface area contributed by atoms with Gasteiger partial charge in [0.2, 0.25) is 5.95 Å². The highest BCUT2D eigenvalue weighted by molar-refractivity contribution is 6.17. The lowest BCUT2D eigenvalue weighted by Gasteiger charge is -2.11. The molecule has 0 aliphatic carbocycles. The summed E-state index contributed by atoms with van der Waals surface area (Å²) in [5.41, 5.74) is 0. The number of hydrogen-bond donors (Lipinski definition) is 1. The van der Waals surface area contributed by atoms with Crippen molar-refractivity contribution in [3.8, 4) is 0 Å². The van der Waals surface area contributed by atoms with Gasteiger partial charge in [0, 0.05) is 39.3 Å². The van der Waals surface area contributed by atoms with Crippen LogP contribution in [0.3, 0.4) is 0 Å². The third-order valence-electron chi connectivity index (χ3n) is 2.04. The Morgan fingerprint density at radius 2 is 2.24 bits per heavy atom. The van der Waals surface area contributed by atoms with Gasteiger partial charge in [0.05, 0.1) is 6.61 Å². The second kappa shape index (κ2) is 8.08. The van der Waals surface area contributed by atoms with Gasteiger partial charge in [-0.15, -0.1) is 11.6 Å². The lowest BCUT2D eigenvalue weighted by Crippen LogP contribution is -2.14. The Morgan fingerprint density at radius 1 is 1.41 bits per heavy atom. The number of halogens is 1. The van der Waals surface area contributed by atoms with Crippen molar-refractivity contribution >= 4 is 23.4 Å². The number of nitrogens with zero attached hydrogens (tertiary/aromatic N) is 3. The fourth-order valence-electron chi connectivity index (χ4n) is 1.21. The topological polar surface area (TPSA) is 50.3 Å². The maximum absolute atomic E-state index is 5.50. The van der Waals surface area contributed by atoms with E-state index in [2.05, 4.69) is 15.3 Å². The van der Waals surface area contributed by atoms with Gasteiger partial charge in [-0.3, -0.25) is 0 Å². The molecule has 1 aromatic heterocycles. The number of ether oxygens (including phenoxy) is 1. The van der Waals surface area contributed by atoms with E-state index in [-0.39, 0.29) is 0 Å². The summed E-state index contributed by atoms with van der Waals surface area (Å²) in [6.45, 7) is 2.15. The van der Waals surface area contributed by atoms with Gasteiger partial charge in [0.25, 0.3) is 0 Å². The van der Waals surface area contributed by atoms with Crippen LogP contribution in [0.4, 0.5) is 11.8 Å². The second-order valence-electron chi connectivity index (χ2n) is 3.72. The number of alkyl halides is 1. The fourth-order valence-corrected chi connectivity index (χ4v) is 1.32. The normalized spacial score (nSPS) is 10.3. The van der Waals surface area contributed by atoms with E-state index in [0.29, 0.717) is 25.0 Å². The predicted octanol–water partition coefficient (Wildman–Crippen LogP) is 1.60. The first kappa shape index (κ1) is 14.0. The number of rotatable bonds is 8. The van der Waals surface area contributed by atoms with E-state index in [1.54, 1.807) is 6.20 Å². The van der Waals surface area contributed by atoms with E-state index in [1.807, 2.05) is 25.1 Å². The van der Waals surface area contributed by atoms with E-state index in [9.17, 15) is 0 Å². The van der Waals surface area contributed by atoms with Crippen molar-refractivity contribution in [1.29, 1.82) is 0 Å². The molecule has 0 saturated heterocycles. The Labute approximate surface area is 107 Å². The van der Waals surface area contributed by atoms with Crippen molar-refractivity contribution in [2.24, 2.45) is 0 Å². The van der Waals surface area contributed by atoms with Gasteiger partial charge in [0.1, 0.15) is 5.82 Å². The zero-order valence-corrected chi connectivity index (χ0v) is 11.1. The Kier molecular flexibility index (Phi) is 6.65. The molecule has 1 rings (SSSR count). The predicted molar refractivity (Wildman–Crippen MR) is 71.0 cm³/mol. The summed E-state index contributed by atoms with van der Waals surface area (Å²) in [4.78, 5) is 10.4. The lowest BCUT2D eigenvalue weighted by molar-refractivity contribution is 0.149. The molecule has 0 aliphatic rings. The molecule has 0 spiro atoms. The second-order valence-corrected chi connectivity index (χ2v) is 4.10. The summed E-state index contributed by atoms with van der Waals surface area (Å²) >= 11 is 5.50. The number of anilines is 2. The van der Waals surface area contributed by atoms with Crippen LogP contribution < -0.4 is 10.2 Å². The van der Waals surface area contributed by atoms with Crippen LogP contribution in [0.15, 0.2) is 12.3 Å². The van der Waals surface area contributed by atoms with Crippen LogP contribution in [-0.2, 0) is 4.74 Å². The fraction of sp³-hybridized carbons (Fsp3) is 0.636. The van der Waals surface area contributed by atoms with Crippen LogP contribution in [0.5, 0.6) is 0 Å². The Morgan fingerprint density at radius 3 is 2.94 bits per heavy atom. The van der Waals surface area contributed by atoms with Crippen LogP contribution in [0.2, 0.25) is 0 Å². The molecule has 0 amide bonds. The summed E-state index contributed by atoms with van der Waals surface area (Å²) in [7, 11) is 3.83. The molecular formula is C11H19ClN4O. The maximum atomic E-state index is 5.50. The molecule has 96 valence electrons. The number of hydrogen-bond acceptors (Lipinski definition) is 5. The molecule has 0 saturated carbocycles. The minimum Gasteiger partial charge on any atom is -0.380 e. The molecule has 0 aliphatic heterocycles. The molecule has 0 atom stereocenters. The first-order valence-corrected chi connectivity index (χ1v) is 6.15. The zero-order chi connectivity index (χ0) is 12.5. The van der Waals surface area contributed by atoms with Gasteiger partial charge in [-0.1, -0.05) is 0 Å². The van der Waals surface area contributed by atoms with Crippen LogP contribution >= 0.6 is 11.6 Å². The highest BCUT2D eigenvalue weighted by Crippen LogP contribution is 2.07. The molecule has 0 aromatic carbocycles. The van der Waals surface area contributed by atoms with Crippen molar-refractivity contribution in [3.05, 3.63) is 12.3 Å². The summed E-state index contributed by atoms with van der Waals surface area (Å²) in [6, 6.07) is 1.85. The van der Waals surface area contributed by atoms with E-state index < -0.39 is 0 Å². The van der Waals surface area contributed by atoms with Crippen molar-refractivity contribution in [2.75, 3.05) is 50.0 Å². The van der Waals surface area contributed by atoms with Crippen LogP contribution in [0.25, 0.3) is 0 Å².